The van der Waals surface area contributed by atoms with Crippen molar-refractivity contribution in [3.8, 4) is 5.75 Å². The highest BCUT2D eigenvalue weighted by molar-refractivity contribution is 5.94. The first kappa shape index (κ1) is 19.4. The van der Waals surface area contributed by atoms with Gasteiger partial charge in [-0.05, 0) is 40.8 Å². The molecule has 5 heteroatoms. The molecular weight excluding hydrogens is 345 g/mol. The molecule has 0 saturated carbocycles. The Morgan fingerprint density at radius 3 is 2.37 bits per heavy atom. The van der Waals surface area contributed by atoms with Crippen molar-refractivity contribution < 1.29 is 18.7 Å². The largest absolute Gasteiger partial charge is 0.494 e. The summed E-state index contributed by atoms with van der Waals surface area (Å²) in [5.74, 6) is -0.162. The standard InChI is InChI=1S/C22H26FNO3/c1-22(2,3)17-8-6-16(7-9-17)21(25)24-12-18(13-24)27-14-15-5-10-20(26-4)19(23)11-15/h5-11,18H,12-14H2,1-4H3. The highest BCUT2D eigenvalue weighted by Gasteiger charge is 2.32. The van der Waals surface area contributed by atoms with Crippen LogP contribution in [0, 0.1) is 5.82 Å². The summed E-state index contributed by atoms with van der Waals surface area (Å²) >= 11 is 0. The van der Waals surface area contributed by atoms with E-state index in [0.717, 1.165) is 5.56 Å². The van der Waals surface area contributed by atoms with Crippen molar-refractivity contribution >= 4 is 5.91 Å². The van der Waals surface area contributed by atoms with Crippen LogP contribution in [0.15, 0.2) is 42.5 Å². The number of nitrogens with zero attached hydrogens (tertiary/aromatic N) is 1. The van der Waals surface area contributed by atoms with E-state index in [4.69, 9.17) is 9.47 Å². The van der Waals surface area contributed by atoms with Crippen LogP contribution in [0.5, 0.6) is 5.75 Å². The number of ether oxygens (including phenoxy) is 2. The van der Waals surface area contributed by atoms with E-state index >= 15 is 0 Å². The van der Waals surface area contributed by atoms with Crippen LogP contribution in [-0.2, 0) is 16.8 Å². The number of rotatable bonds is 5. The lowest BCUT2D eigenvalue weighted by molar-refractivity contribution is -0.0503. The Hall–Kier alpha value is -2.40. The van der Waals surface area contributed by atoms with Crippen LogP contribution in [0.2, 0.25) is 0 Å². The number of amides is 1. The number of likely N-dealkylation sites (tertiary alicyclic amines) is 1. The zero-order valence-corrected chi connectivity index (χ0v) is 16.3. The molecule has 4 nitrogen and oxygen atoms in total. The topological polar surface area (TPSA) is 38.8 Å². The van der Waals surface area contributed by atoms with Crippen molar-refractivity contribution in [2.75, 3.05) is 20.2 Å². The monoisotopic (exact) mass is 371 g/mol. The molecule has 0 spiro atoms. The van der Waals surface area contributed by atoms with Crippen LogP contribution >= 0.6 is 0 Å². The van der Waals surface area contributed by atoms with Crippen molar-refractivity contribution in [3.63, 3.8) is 0 Å². The van der Waals surface area contributed by atoms with Gasteiger partial charge in [0.25, 0.3) is 5.91 Å². The lowest BCUT2D eigenvalue weighted by Gasteiger charge is -2.39. The minimum absolute atomic E-state index is 0.0193. The summed E-state index contributed by atoms with van der Waals surface area (Å²) < 4.78 is 24.4. The molecule has 0 aliphatic carbocycles. The van der Waals surface area contributed by atoms with Gasteiger partial charge in [-0.2, -0.15) is 0 Å². The Balaban J connectivity index is 1.49. The number of halogens is 1. The minimum Gasteiger partial charge on any atom is -0.494 e. The third-order valence-electron chi connectivity index (χ3n) is 4.84. The van der Waals surface area contributed by atoms with Gasteiger partial charge in [0.05, 0.1) is 19.8 Å². The van der Waals surface area contributed by atoms with Gasteiger partial charge in [-0.3, -0.25) is 4.79 Å². The van der Waals surface area contributed by atoms with Gasteiger partial charge in [-0.25, -0.2) is 4.39 Å². The second kappa shape index (κ2) is 7.69. The highest BCUT2D eigenvalue weighted by atomic mass is 19.1. The van der Waals surface area contributed by atoms with E-state index in [-0.39, 0.29) is 23.2 Å². The molecule has 0 radical (unpaired) electrons. The maximum atomic E-state index is 13.7. The molecule has 0 bridgehead atoms. The van der Waals surface area contributed by atoms with Crippen molar-refractivity contribution in [2.24, 2.45) is 0 Å². The molecule has 144 valence electrons. The summed E-state index contributed by atoms with van der Waals surface area (Å²) in [6.45, 7) is 7.87. The fourth-order valence-corrected chi connectivity index (χ4v) is 3.02. The van der Waals surface area contributed by atoms with Crippen LogP contribution in [0.1, 0.15) is 42.3 Å². The molecule has 3 rings (SSSR count). The summed E-state index contributed by atoms with van der Waals surface area (Å²) in [5.41, 5.74) is 2.71. The highest BCUT2D eigenvalue weighted by Crippen LogP contribution is 2.24. The molecule has 1 saturated heterocycles. The fourth-order valence-electron chi connectivity index (χ4n) is 3.02. The Labute approximate surface area is 159 Å². The predicted molar refractivity (Wildman–Crippen MR) is 103 cm³/mol. The molecule has 27 heavy (non-hydrogen) atoms. The van der Waals surface area contributed by atoms with Crippen molar-refractivity contribution in [1.29, 1.82) is 0 Å². The maximum Gasteiger partial charge on any atom is 0.254 e. The maximum absolute atomic E-state index is 13.7. The molecule has 1 aliphatic heterocycles. The van der Waals surface area contributed by atoms with E-state index < -0.39 is 5.82 Å². The number of carbonyl (C=O) groups is 1. The van der Waals surface area contributed by atoms with E-state index in [1.807, 2.05) is 24.3 Å². The zero-order valence-electron chi connectivity index (χ0n) is 16.3. The lowest BCUT2D eigenvalue weighted by Crippen LogP contribution is -2.54. The van der Waals surface area contributed by atoms with Gasteiger partial charge in [-0.1, -0.05) is 39.0 Å². The molecule has 0 atom stereocenters. The first-order valence-corrected chi connectivity index (χ1v) is 9.12. The number of methoxy groups -OCH3 is 1. The van der Waals surface area contributed by atoms with Gasteiger partial charge in [0.15, 0.2) is 11.6 Å². The summed E-state index contributed by atoms with van der Waals surface area (Å²) in [4.78, 5) is 14.3. The van der Waals surface area contributed by atoms with Crippen molar-refractivity contribution in [1.82, 2.24) is 4.90 Å². The molecule has 2 aromatic carbocycles. The third-order valence-corrected chi connectivity index (χ3v) is 4.84. The van der Waals surface area contributed by atoms with Crippen molar-refractivity contribution in [2.45, 2.75) is 38.9 Å². The first-order valence-electron chi connectivity index (χ1n) is 9.12. The van der Waals surface area contributed by atoms with Gasteiger partial charge in [0.2, 0.25) is 0 Å². The van der Waals surface area contributed by atoms with Crippen molar-refractivity contribution in [3.05, 3.63) is 65.0 Å². The normalized spacial score (nSPS) is 14.8. The van der Waals surface area contributed by atoms with E-state index in [2.05, 4.69) is 20.8 Å². The molecule has 1 heterocycles. The average molecular weight is 371 g/mol. The van der Waals surface area contributed by atoms with Crippen LogP contribution in [-0.4, -0.2) is 37.1 Å². The van der Waals surface area contributed by atoms with Crippen LogP contribution < -0.4 is 4.74 Å². The molecule has 1 fully saturated rings. The van der Waals surface area contributed by atoms with E-state index in [0.29, 0.717) is 25.3 Å². The fraction of sp³-hybridized carbons (Fsp3) is 0.409. The molecule has 0 aromatic heterocycles. The predicted octanol–water partition coefficient (Wildman–Crippen LogP) is 4.17. The van der Waals surface area contributed by atoms with Gasteiger partial charge >= 0.3 is 0 Å². The molecule has 1 aliphatic rings. The minimum atomic E-state index is -0.400. The van der Waals surface area contributed by atoms with E-state index in [9.17, 15) is 9.18 Å². The Bertz CT molecular complexity index is 805. The van der Waals surface area contributed by atoms with E-state index in [1.165, 1.54) is 18.7 Å². The second-order valence-corrected chi connectivity index (χ2v) is 7.94. The van der Waals surface area contributed by atoms with Gasteiger partial charge in [0.1, 0.15) is 0 Å². The smallest absolute Gasteiger partial charge is 0.254 e. The van der Waals surface area contributed by atoms with Gasteiger partial charge < -0.3 is 14.4 Å². The Morgan fingerprint density at radius 2 is 1.81 bits per heavy atom. The van der Waals surface area contributed by atoms with Crippen LogP contribution in [0.3, 0.4) is 0 Å². The van der Waals surface area contributed by atoms with E-state index in [1.54, 1.807) is 17.0 Å². The SMILES string of the molecule is COc1ccc(COC2CN(C(=O)c3ccc(C(C)(C)C)cc3)C2)cc1F. The summed E-state index contributed by atoms with van der Waals surface area (Å²) in [7, 11) is 1.44. The zero-order chi connectivity index (χ0) is 19.6. The molecule has 0 unspecified atom stereocenters. The third kappa shape index (κ3) is 4.48. The number of benzene rings is 2. The van der Waals surface area contributed by atoms with Crippen LogP contribution in [0.4, 0.5) is 4.39 Å². The van der Waals surface area contributed by atoms with Gasteiger partial charge in [0, 0.05) is 18.7 Å². The second-order valence-electron chi connectivity index (χ2n) is 7.94. The summed E-state index contributed by atoms with van der Waals surface area (Å²) in [6.07, 6.45) is -0.0204. The summed E-state index contributed by atoms with van der Waals surface area (Å²) in [5, 5.41) is 0. The first-order chi connectivity index (χ1) is 12.8. The molecule has 1 amide bonds. The molecule has 0 N–H and O–H groups in total. The van der Waals surface area contributed by atoms with Gasteiger partial charge in [-0.15, -0.1) is 0 Å². The molecule has 2 aromatic rings. The number of hydrogen-bond donors (Lipinski definition) is 0. The quantitative estimate of drug-likeness (QED) is 0.792. The lowest BCUT2D eigenvalue weighted by atomic mass is 9.86. The molecular formula is C22H26FNO3. The summed E-state index contributed by atoms with van der Waals surface area (Å²) in [6, 6.07) is 12.6. The number of hydrogen-bond acceptors (Lipinski definition) is 3. The Kier molecular flexibility index (Phi) is 5.51. The van der Waals surface area contributed by atoms with Crippen LogP contribution in [0.25, 0.3) is 0 Å². The average Bonchev–Trinajstić information content (AvgIpc) is 2.59. The Morgan fingerprint density at radius 1 is 1.15 bits per heavy atom. The number of carbonyl (C=O) groups excluding carboxylic acids is 1.